The molecule has 0 aliphatic carbocycles. The molecule has 0 fully saturated rings. The largest absolute Gasteiger partial charge is 0.486 e. The van der Waals surface area contributed by atoms with Gasteiger partial charge in [-0.15, -0.1) is 0 Å². The Morgan fingerprint density at radius 1 is 1.13 bits per heavy atom. The molecule has 23 heavy (non-hydrogen) atoms. The molecule has 0 amide bonds. The van der Waals surface area contributed by atoms with Gasteiger partial charge in [-0.3, -0.25) is 9.20 Å². The molecular weight excluding hydrogens is 318 g/mol. The molecular formula is C15H13N3O4S. The first kappa shape index (κ1) is 15.2. The summed E-state index contributed by atoms with van der Waals surface area (Å²) in [6.45, 7) is -0.0484. The van der Waals surface area contributed by atoms with Crippen LogP contribution in [0, 0.1) is 0 Å². The maximum Gasteiger partial charge on any atom is 0.258 e. The van der Waals surface area contributed by atoms with Crippen LogP contribution in [0.15, 0.2) is 64.4 Å². The van der Waals surface area contributed by atoms with E-state index in [2.05, 4.69) is 4.98 Å². The number of nitrogens with zero attached hydrogens (tertiary/aromatic N) is 2. The van der Waals surface area contributed by atoms with Gasteiger partial charge in [0, 0.05) is 12.3 Å². The average molecular weight is 331 g/mol. The monoisotopic (exact) mass is 331 g/mol. The summed E-state index contributed by atoms with van der Waals surface area (Å²) in [6, 6.07) is 12.6. The molecule has 0 atom stereocenters. The van der Waals surface area contributed by atoms with Gasteiger partial charge in [-0.25, -0.2) is 18.5 Å². The summed E-state index contributed by atoms with van der Waals surface area (Å²) in [6.07, 6.45) is 1.62. The normalized spacial score (nSPS) is 11.5. The summed E-state index contributed by atoms with van der Waals surface area (Å²) in [7, 11) is -3.89. The van der Waals surface area contributed by atoms with Crippen molar-refractivity contribution in [1.29, 1.82) is 0 Å². The number of ether oxygens (including phenoxy) is 1. The lowest BCUT2D eigenvalue weighted by Crippen LogP contribution is -2.17. The fourth-order valence-corrected chi connectivity index (χ4v) is 2.81. The van der Waals surface area contributed by atoms with Crippen LogP contribution in [-0.4, -0.2) is 17.8 Å². The molecule has 2 heterocycles. The van der Waals surface area contributed by atoms with E-state index in [9.17, 15) is 13.2 Å². The molecule has 3 rings (SSSR count). The minimum absolute atomic E-state index is 0.0484. The van der Waals surface area contributed by atoms with Crippen molar-refractivity contribution in [2.24, 2.45) is 5.14 Å². The van der Waals surface area contributed by atoms with E-state index in [1.807, 2.05) is 0 Å². The van der Waals surface area contributed by atoms with E-state index < -0.39 is 10.0 Å². The number of sulfonamides is 1. The van der Waals surface area contributed by atoms with Gasteiger partial charge in [0.25, 0.3) is 5.56 Å². The highest BCUT2D eigenvalue weighted by atomic mass is 32.2. The van der Waals surface area contributed by atoms with E-state index in [4.69, 9.17) is 9.88 Å². The van der Waals surface area contributed by atoms with Gasteiger partial charge >= 0.3 is 0 Å². The second kappa shape index (κ2) is 5.82. The van der Waals surface area contributed by atoms with E-state index in [-0.39, 0.29) is 22.8 Å². The zero-order chi connectivity index (χ0) is 16.4. The summed E-state index contributed by atoms with van der Waals surface area (Å²) in [5.41, 5.74) is 0.637. The molecule has 0 bridgehead atoms. The van der Waals surface area contributed by atoms with Crippen molar-refractivity contribution in [3.8, 4) is 5.75 Å². The number of primary sulfonamides is 1. The number of para-hydroxylation sites is 1. The van der Waals surface area contributed by atoms with Gasteiger partial charge < -0.3 is 4.74 Å². The number of benzene rings is 1. The molecule has 118 valence electrons. The Balaban J connectivity index is 1.92. The molecule has 0 unspecified atom stereocenters. The lowest BCUT2D eigenvalue weighted by Gasteiger charge is -2.10. The average Bonchev–Trinajstić information content (AvgIpc) is 2.52. The lowest BCUT2D eigenvalue weighted by molar-refractivity contribution is 0.293. The van der Waals surface area contributed by atoms with Crippen molar-refractivity contribution in [3.63, 3.8) is 0 Å². The van der Waals surface area contributed by atoms with E-state index in [0.29, 0.717) is 11.3 Å². The molecule has 7 nitrogen and oxygen atoms in total. The van der Waals surface area contributed by atoms with E-state index >= 15 is 0 Å². The summed E-state index contributed by atoms with van der Waals surface area (Å²) in [5.74, 6) is 0.116. The molecule has 3 aromatic rings. The summed E-state index contributed by atoms with van der Waals surface area (Å²) in [4.78, 5) is 16.2. The van der Waals surface area contributed by atoms with Gasteiger partial charge in [0.2, 0.25) is 10.0 Å². The summed E-state index contributed by atoms with van der Waals surface area (Å²) >= 11 is 0. The Morgan fingerprint density at radius 3 is 2.65 bits per heavy atom. The molecule has 2 aromatic heterocycles. The first-order valence-corrected chi connectivity index (χ1v) is 8.22. The van der Waals surface area contributed by atoms with Gasteiger partial charge in [0.05, 0.1) is 5.69 Å². The van der Waals surface area contributed by atoms with Crippen LogP contribution in [0.2, 0.25) is 0 Å². The Kier molecular flexibility index (Phi) is 3.85. The first-order chi connectivity index (χ1) is 10.9. The second-order valence-electron chi connectivity index (χ2n) is 4.79. The van der Waals surface area contributed by atoms with Crippen molar-refractivity contribution >= 4 is 15.7 Å². The molecule has 0 spiro atoms. The maximum atomic E-state index is 12.0. The van der Waals surface area contributed by atoms with Crippen LogP contribution >= 0.6 is 0 Å². The third kappa shape index (κ3) is 3.22. The van der Waals surface area contributed by atoms with Crippen LogP contribution in [0.5, 0.6) is 5.75 Å². The molecule has 1 aromatic carbocycles. The van der Waals surface area contributed by atoms with Crippen molar-refractivity contribution < 1.29 is 13.2 Å². The number of aromatic nitrogens is 2. The molecule has 0 radical (unpaired) electrons. The van der Waals surface area contributed by atoms with Crippen LogP contribution in [0.1, 0.15) is 5.69 Å². The van der Waals surface area contributed by atoms with Crippen molar-refractivity contribution in [3.05, 3.63) is 70.8 Å². The maximum absolute atomic E-state index is 12.0. The Bertz CT molecular complexity index is 1030. The molecule has 2 N–H and O–H groups in total. The van der Waals surface area contributed by atoms with Crippen LogP contribution in [0.4, 0.5) is 0 Å². The number of fused-ring (bicyclic) bond motifs is 1. The number of hydrogen-bond acceptors (Lipinski definition) is 5. The second-order valence-corrected chi connectivity index (χ2v) is 6.32. The molecule has 0 aliphatic rings. The van der Waals surface area contributed by atoms with E-state index in [1.54, 1.807) is 36.5 Å². The molecule has 0 aliphatic heterocycles. The summed E-state index contributed by atoms with van der Waals surface area (Å²) in [5, 5.41) is 5.15. The van der Waals surface area contributed by atoms with E-state index in [0.717, 1.165) is 0 Å². The zero-order valence-electron chi connectivity index (χ0n) is 11.9. The van der Waals surface area contributed by atoms with Gasteiger partial charge in [-0.2, -0.15) is 0 Å². The van der Waals surface area contributed by atoms with Gasteiger partial charge in [-0.05, 0) is 24.3 Å². The third-order valence-electron chi connectivity index (χ3n) is 3.16. The van der Waals surface area contributed by atoms with Crippen LogP contribution in [0.25, 0.3) is 5.65 Å². The predicted molar refractivity (Wildman–Crippen MR) is 83.6 cm³/mol. The quantitative estimate of drug-likeness (QED) is 0.765. The molecule has 0 saturated heterocycles. The summed E-state index contributed by atoms with van der Waals surface area (Å²) < 4.78 is 29.9. The lowest BCUT2D eigenvalue weighted by atomic mass is 10.3. The number of pyridine rings is 1. The van der Waals surface area contributed by atoms with Crippen LogP contribution in [0.3, 0.4) is 0 Å². The Hall–Kier alpha value is -2.71. The molecule has 8 heteroatoms. The Labute approximate surface area is 132 Å². The van der Waals surface area contributed by atoms with Crippen molar-refractivity contribution in [2.45, 2.75) is 11.5 Å². The number of nitrogens with two attached hydrogens (primary N) is 1. The van der Waals surface area contributed by atoms with Crippen molar-refractivity contribution in [2.75, 3.05) is 0 Å². The fraction of sp³-hybridized carbons (Fsp3) is 0.0667. The highest BCUT2D eigenvalue weighted by Crippen LogP contribution is 2.22. The predicted octanol–water partition coefficient (Wildman–Crippen LogP) is 0.921. The van der Waals surface area contributed by atoms with Crippen LogP contribution < -0.4 is 15.4 Å². The zero-order valence-corrected chi connectivity index (χ0v) is 12.7. The van der Waals surface area contributed by atoms with E-state index in [1.165, 1.54) is 22.6 Å². The number of hydrogen-bond donors (Lipinski definition) is 1. The Morgan fingerprint density at radius 2 is 1.87 bits per heavy atom. The molecule has 0 saturated carbocycles. The van der Waals surface area contributed by atoms with Crippen LogP contribution in [-0.2, 0) is 16.6 Å². The van der Waals surface area contributed by atoms with Gasteiger partial charge in [-0.1, -0.05) is 18.2 Å². The topological polar surface area (TPSA) is 104 Å². The number of rotatable bonds is 4. The highest BCUT2D eigenvalue weighted by molar-refractivity contribution is 7.89. The standard InChI is InChI=1S/C15H13N3O4S/c16-23(20,21)13-6-2-1-5-12(13)22-10-11-9-15(19)18-8-4-3-7-14(18)17-11/h1-9H,10H2,(H2,16,20,21). The van der Waals surface area contributed by atoms with Crippen molar-refractivity contribution in [1.82, 2.24) is 9.38 Å². The highest BCUT2D eigenvalue weighted by Gasteiger charge is 2.14. The third-order valence-corrected chi connectivity index (χ3v) is 4.11. The smallest absolute Gasteiger partial charge is 0.258 e. The first-order valence-electron chi connectivity index (χ1n) is 6.67. The fourth-order valence-electron chi connectivity index (χ4n) is 2.13. The minimum atomic E-state index is -3.89. The SMILES string of the molecule is NS(=O)(=O)c1ccccc1OCc1cc(=O)n2ccccc2n1. The van der Waals surface area contributed by atoms with Gasteiger partial charge in [0.15, 0.2) is 0 Å². The van der Waals surface area contributed by atoms with Gasteiger partial charge in [0.1, 0.15) is 22.9 Å². The minimum Gasteiger partial charge on any atom is -0.486 e.